The van der Waals surface area contributed by atoms with Gasteiger partial charge in [-0.3, -0.25) is 10.1 Å². The first-order chi connectivity index (χ1) is 10.5. The Bertz CT molecular complexity index is 720. The number of fused-ring (bicyclic) bond motifs is 1. The zero-order valence-corrected chi connectivity index (χ0v) is 12.7. The molecule has 0 fully saturated rings. The lowest BCUT2D eigenvalue weighted by atomic mass is 9.98. The van der Waals surface area contributed by atoms with Crippen LogP contribution in [0.3, 0.4) is 0 Å². The van der Waals surface area contributed by atoms with Crippen molar-refractivity contribution in [2.75, 3.05) is 11.4 Å². The maximum absolute atomic E-state index is 11.2. The van der Waals surface area contributed by atoms with Crippen LogP contribution >= 0.6 is 11.6 Å². The fourth-order valence-corrected chi connectivity index (χ4v) is 3.08. The van der Waals surface area contributed by atoms with Gasteiger partial charge in [0, 0.05) is 41.5 Å². The SMILES string of the molecule is NC1Cc2ccccc2N(Cc2ccc(Cl)cc2[N+](=O)[O-])C1. The fraction of sp³-hybridized carbons (Fsp3) is 0.250. The monoisotopic (exact) mass is 317 g/mol. The summed E-state index contributed by atoms with van der Waals surface area (Å²) in [4.78, 5) is 12.9. The molecular formula is C16H16ClN3O2. The van der Waals surface area contributed by atoms with Crippen molar-refractivity contribution in [1.82, 2.24) is 0 Å². The van der Waals surface area contributed by atoms with Gasteiger partial charge in [-0.05, 0) is 30.2 Å². The smallest absolute Gasteiger partial charge is 0.275 e. The molecule has 2 aromatic rings. The van der Waals surface area contributed by atoms with Crippen molar-refractivity contribution in [2.24, 2.45) is 5.73 Å². The lowest BCUT2D eigenvalue weighted by molar-refractivity contribution is -0.385. The van der Waals surface area contributed by atoms with Crippen LogP contribution in [0.5, 0.6) is 0 Å². The molecule has 114 valence electrons. The first-order valence-corrected chi connectivity index (χ1v) is 7.43. The van der Waals surface area contributed by atoms with Crippen LogP contribution in [0.1, 0.15) is 11.1 Å². The number of nitro benzene ring substituents is 1. The van der Waals surface area contributed by atoms with Crippen molar-refractivity contribution in [3.63, 3.8) is 0 Å². The molecule has 0 aromatic heterocycles. The first-order valence-electron chi connectivity index (χ1n) is 7.06. The number of benzene rings is 2. The van der Waals surface area contributed by atoms with Crippen LogP contribution in [0.15, 0.2) is 42.5 Å². The van der Waals surface area contributed by atoms with E-state index in [1.807, 2.05) is 18.2 Å². The summed E-state index contributed by atoms with van der Waals surface area (Å²) >= 11 is 5.87. The normalized spacial score (nSPS) is 17.2. The quantitative estimate of drug-likeness (QED) is 0.697. The molecule has 0 radical (unpaired) electrons. The van der Waals surface area contributed by atoms with Gasteiger partial charge < -0.3 is 10.6 Å². The van der Waals surface area contributed by atoms with Crippen molar-refractivity contribution in [1.29, 1.82) is 0 Å². The molecule has 6 heteroatoms. The summed E-state index contributed by atoms with van der Waals surface area (Å²) in [7, 11) is 0. The molecule has 1 atom stereocenters. The Hall–Kier alpha value is -2.11. The molecule has 1 aliphatic rings. The number of halogens is 1. The maximum atomic E-state index is 11.2. The van der Waals surface area contributed by atoms with Crippen LogP contribution in [0.25, 0.3) is 0 Å². The molecule has 0 amide bonds. The minimum absolute atomic E-state index is 0.0289. The van der Waals surface area contributed by atoms with Gasteiger partial charge >= 0.3 is 0 Å². The number of nitrogens with two attached hydrogens (primary N) is 1. The van der Waals surface area contributed by atoms with Crippen molar-refractivity contribution in [2.45, 2.75) is 19.0 Å². The van der Waals surface area contributed by atoms with Gasteiger partial charge in [0.2, 0.25) is 0 Å². The van der Waals surface area contributed by atoms with Gasteiger partial charge in [-0.25, -0.2) is 0 Å². The second-order valence-electron chi connectivity index (χ2n) is 5.50. The van der Waals surface area contributed by atoms with Crippen LogP contribution in [-0.4, -0.2) is 17.5 Å². The topological polar surface area (TPSA) is 72.4 Å². The highest BCUT2D eigenvalue weighted by atomic mass is 35.5. The summed E-state index contributed by atoms with van der Waals surface area (Å²) in [6.07, 6.45) is 0.829. The summed E-state index contributed by atoms with van der Waals surface area (Å²) in [5.74, 6) is 0. The molecule has 0 saturated heterocycles. The van der Waals surface area contributed by atoms with Gasteiger partial charge in [0.25, 0.3) is 5.69 Å². The number of anilines is 1. The van der Waals surface area contributed by atoms with Crippen LogP contribution in [0.4, 0.5) is 11.4 Å². The summed E-state index contributed by atoms with van der Waals surface area (Å²) in [5, 5.41) is 11.6. The van der Waals surface area contributed by atoms with Crippen molar-refractivity contribution < 1.29 is 4.92 Å². The zero-order chi connectivity index (χ0) is 15.7. The second-order valence-corrected chi connectivity index (χ2v) is 5.94. The van der Waals surface area contributed by atoms with E-state index in [1.165, 1.54) is 11.6 Å². The summed E-state index contributed by atoms with van der Waals surface area (Å²) in [6, 6.07) is 12.9. The third-order valence-electron chi connectivity index (χ3n) is 3.87. The predicted octanol–water partition coefficient (Wildman–Crippen LogP) is 3.14. The van der Waals surface area contributed by atoms with Gasteiger partial charge in [0.15, 0.2) is 0 Å². The lowest BCUT2D eigenvalue weighted by Gasteiger charge is -2.34. The van der Waals surface area contributed by atoms with Gasteiger partial charge in [-0.1, -0.05) is 29.8 Å². The summed E-state index contributed by atoms with van der Waals surface area (Å²) < 4.78 is 0. The fourth-order valence-electron chi connectivity index (χ4n) is 2.92. The Morgan fingerprint density at radius 2 is 2.09 bits per heavy atom. The van der Waals surface area contributed by atoms with E-state index in [4.69, 9.17) is 17.3 Å². The van der Waals surface area contributed by atoms with E-state index in [1.54, 1.807) is 12.1 Å². The Morgan fingerprint density at radius 3 is 2.86 bits per heavy atom. The Morgan fingerprint density at radius 1 is 1.32 bits per heavy atom. The van der Waals surface area contributed by atoms with Crippen LogP contribution in [0.2, 0.25) is 5.02 Å². The van der Waals surface area contributed by atoms with E-state index >= 15 is 0 Å². The largest absolute Gasteiger partial charge is 0.365 e. The highest BCUT2D eigenvalue weighted by Crippen LogP contribution is 2.30. The molecule has 5 nitrogen and oxygen atoms in total. The molecule has 0 bridgehead atoms. The van der Waals surface area contributed by atoms with Crippen LogP contribution in [0, 0.1) is 10.1 Å². The molecule has 0 aliphatic carbocycles. The van der Waals surface area contributed by atoms with E-state index in [-0.39, 0.29) is 11.7 Å². The zero-order valence-electron chi connectivity index (χ0n) is 11.9. The predicted molar refractivity (Wildman–Crippen MR) is 87.3 cm³/mol. The van der Waals surface area contributed by atoms with Crippen molar-refractivity contribution in [3.05, 3.63) is 68.7 Å². The van der Waals surface area contributed by atoms with E-state index in [0.717, 1.165) is 12.1 Å². The Labute approximate surface area is 133 Å². The molecule has 0 spiro atoms. The molecule has 2 aromatic carbocycles. The number of para-hydroxylation sites is 1. The van der Waals surface area contributed by atoms with Gasteiger partial charge in [0.1, 0.15) is 0 Å². The minimum Gasteiger partial charge on any atom is -0.365 e. The average molecular weight is 318 g/mol. The minimum atomic E-state index is -0.392. The van der Waals surface area contributed by atoms with Gasteiger partial charge in [-0.2, -0.15) is 0 Å². The number of hydrogen-bond acceptors (Lipinski definition) is 4. The molecule has 3 rings (SSSR count). The van der Waals surface area contributed by atoms with Crippen LogP contribution < -0.4 is 10.6 Å². The molecule has 1 unspecified atom stereocenters. The molecule has 22 heavy (non-hydrogen) atoms. The molecule has 1 aliphatic heterocycles. The molecule has 1 heterocycles. The van der Waals surface area contributed by atoms with Gasteiger partial charge in [-0.15, -0.1) is 0 Å². The molecule has 2 N–H and O–H groups in total. The second kappa shape index (κ2) is 5.94. The molecular weight excluding hydrogens is 302 g/mol. The number of hydrogen-bond donors (Lipinski definition) is 1. The van der Waals surface area contributed by atoms with Crippen LogP contribution in [-0.2, 0) is 13.0 Å². The standard InChI is InChI=1S/C16H16ClN3O2/c17-13-6-5-12(16(8-13)20(21)22)9-19-10-14(18)7-11-3-1-2-4-15(11)19/h1-6,8,14H,7,9-10,18H2. The number of rotatable bonds is 3. The van der Waals surface area contributed by atoms with E-state index in [9.17, 15) is 10.1 Å². The highest BCUT2D eigenvalue weighted by Gasteiger charge is 2.24. The first kappa shape index (κ1) is 14.8. The number of nitrogens with zero attached hydrogens (tertiary/aromatic N) is 2. The Balaban J connectivity index is 1.96. The number of nitro groups is 1. The average Bonchev–Trinajstić information content (AvgIpc) is 2.48. The van der Waals surface area contributed by atoms with E-state index in [2.05, 4.69) is 11.0 Å². The Kier molecular flexibility index (Phi) is 4.00. The molecule has 0 saturated carbocycles. The summed E-state index contributed by atoms with van der Waals surface area (Å²) in [6.45, 7) is 1.12. The van der Waals surface area contributed by atoms with Crippen molar-refractivity contribution >= 4 is 23.0 Å². The highest BCUT2D eigenvalue weighted by molar-refractivity contribution is 6.30. The van der Waals surface area contributed by atoms with E-state index in [0.29, 0.717) is 23.7 Å². The lowest BCUT2D eigenvalue weighted by Crippen LogP contribution is -2.42. The van der Waals surface area contributed by atoms with Gasteiger partial charge in [0.05, 0.1) is 4.92 Å². The maximum Gasteiger partial charge on any atom is 0.275 e. The van der Waals surface area contributed by atoms with Crippen molar-refractivity contribution in [3.8, 4) is 0 Å². The third-order valence-corrected chi connectivity index (χ3v) is 4.11. The summed E-state index contributed by atoms with van der Waals surface area (Å²) in [5.41, 5.74) is 9.07. The van der Waals surface area contributed by atoms with E-state index < -0.39 is 4.92 Å². The third kappa shape index (κ3) is 2.91.